The van der Waals surface area contributed by atoms with Crippen LogP contribution >= 0.6 is 0 Å². The van der Waals surface area contributed by atoms with Crippen LogP contribution in [0.15, 0.2) is 0 Å². The Kier molecular flexibility index (Phi) is 4.68. The predicted octanol–water partition coefficient (Wildman–Crippen LogP) is -0.297. The van der Waals surface area contributed by atoms with Crippen LogP contribution in [0.5, 0.6) is 0 Å². The maximum atomic E-state index is 11.4. The molecule has 122 valence electrons. The van der Waals surface area contributed by atoms with Crippen LogP contribution in [0.2, 0.25) is 0 Å². The maximum Gasteiger partial charge on any atom is 0.223 e. The number of aryl methyl sites for hydroxylation is 1. The van der Waals surface area contributed by atoms with Crippen molar-refractivity contribution in [3.05, 3.63) is 5.82 Å². The van der Waals surface area contributed by atoms with E-state index in [4.69, 9.17) is 10.5 Å². The van der Waals surface area contributed by atoms with Gasteiger partial charge in [0.2, 0.25) is 5.91 Å². The average molecular weight is 308 g/mol. The molecule has 2 aliphatic rings. The Morgan fingerprint density at radius 2 is 2.14 bits per heavy atom. The molecule has 2 saturated heterocycles. The number of nitrogens with two attached hydrogens (primary N) is 1. The van der Waals surface area contributed by atoms with Crippen LogP contribution in [-0.2, 0) is 23.1 Å². The van der Waals surface area contributed by atoms with Crippen molar-refractivity contribution in [2.45, 2.75) is 38.3 Å². The number of rotatable bonds is 5. The van der Waals surface area contributed by atoms with Crippen LogP contribution in [-0.4, -0.2) is 56.8 Å². The highest BCUT2D eigenvalue weighted by atomic mass is 16.5. The highest BCUT2D eigenvalue weighted by Gasteiger charge is 2.35. The molecule has 2 fully saturated rings. The van der Waals surface area contributed by atoms with Crippen LogP contribution in [0.25, 0.3) is 0 Å². The van der Waals surface area contributed by atoms with Crippen molar-refractivity contribution in [2.24, 2.45) is 24.6 Å². The number of nitrogens with zero attached hydrogens (tertiary/aromatic N) is 5. The molecule has 0 aromatic carbocycles. The van der Waals surface area contributed by atoms with Crippen molar-refractivity contribution in [2.75, 3.05) is 19.7 Å². The van der Waals surface area contributed by atoms with Gasteiger partial charge in [-0.05, 0) is 55.1 Å². The first kappa shape index (κ1) is 15.4. The lowest BCUT2D eigenvalue weighted by molar-refractivity contribution is -0.123. The molecule has 0 unspecified atom stereocenters. The predicted molar refractivity (Wildman–Crippen MR) is 78.5 cm³/mol. The summed E-state index contributed by atoms with van der Waals surface area (Å²) in [7, 11) is 1.86. The summed E-state index contributed by atoms with van der Waals surface area (Å²) in [5, 5.41) is 11.6. The summed E-state index contributed by atoms with van der Waals surface area (Å²) in [6.45, 7) is 3.52. The molecule has 0 saturated carbocycles. The van der Waals surface area contributed by atoms with E-state index in [1.165, 1.54) is 0 Å². The number of piperidine rings is 1. The van der Waals surface area contributed by atoms with Gasteiger partial charge in [-0.15, -0.1) is 5.10 Å². The molecule has 0 aliphatic carbocycles. The van der Waals surface area contributed by atoms with Crippen molar-refractivity contribution in [3.63, 3.8) is 0 Å². The highest BCUT2D eigenvalue weighted by molar-refractivity contribution is 5.77. The number of ether oxygens (including phenoxy) is 1. The molecule has 2 atom stereocenters. The Bertz CT molecular complexity index is 511. The molecular weight excluding hydrogens is 284 g/mol. The molecule has 22 heavy (non-hydrogen) atoms. The second kappa shape index (κ2) is 6.70. The number of tetrazole rings is 1. The SMILES string of the molecule is Cn1nnnc1CN1CCC(C[C@H]2OCC[C@H]2C(N)=O)CC1. The zero-order chi connectivity index (χ0) is 15.5. The van der Waals surface area contributed by atoms with E-state index in [0.717, 1.165) is 51.1 Å². The second-order valence-electron chi connectivity index (χ2n) is 6.38. The Morgan fingerprint density at radius 1 is 1.36 bits per heavy atom. The molecule has 0 bridgehead atoms. The van der Waals surface area contributed by atoms with Gasteiger partial charge in [0.1, 0.15) is 0 Å². The lowest BCUT2D eigenvalue weighted by Gasteiger charge is -2.33. The van der Waals surface area contributed by atoms with Gasteiger partial charge < -0.3 is 10.5 Å². The van der Waals surface area contributed by atoms with Crippen LogP contribution in [0.1, 0.15) is 31.5 Å². The molecule has 0 spiro atoms. The molecule has 1 aromatic rings. The van der Waals surface area contributed by atoms with Gasteiger partial charge in [-0.3, -0.25) is 9.69 Å². The lowest BCUT2D eigenvalue weighted by atomic mass is 9.86. The lowest BCUT2D eigenvalue weighted by Crippen LogP contribution is -2.37. The summed E-state index contributed by atoms with van der Waals surface area (Å²) < 4.78 is 7.43. The number of likely N-dealkylation sites (tertiary alicyclic amines) is 1. The monoisotopic (exact) mass is 308 g/mol. The maximum absolute atomic E-state index is 11.4. The molecule has 8 nitrogen and oxygen atoms in total. The number of aromatic nitrogens is 4. The van der Waals surface area contributed by atoms with Gasteiger partial charge in [0.05, 0.1) is 18.6 Å². The summed E-state index contributed by atoms with van der Waals surface area (Å²) in [5.74, 6) is 1.20. The molecular formula is C14H24N6O2. The minimum absolute atomic E-state index is 0.0250. The van der Waals surface area contributed by atoms with E-state index in [1.54, 1.807) is 4.68 Å². The normalized spacial score (nSPS) is 27.3. The van der Waals surface area contributed by atoms with Gasteiger partial charge in [-0.25, -0.2) is 4.68 Å². The Balaban J connectivity index is 1.46. The number of primary amides is 1. The van der Waals surface area contributed by atoms with Crippen molar-refractivity contribution in [3.8, 4) is 0 Å². The van der Waals surface area contributed by atoms with Crippen LogP contribution in [0, 0.1) is 11.8 Å². The van der Waals surface area contributed by atoms with E-state index in [0.29, 0.717) is 12.5 Å². The van der Waals surface area contributed by atoms with Crippen molar-refractivity contribution in [1.82, 2.24) is 25.1 Å². The van der Waals surface area contributed by atoms with Crippen molar-refractivity contribution in [1.29, 1.82) is 0 Å². The second-order valence-corrected chi connectivity index (χ2v) is 6.38. The largest absolute Gasteiger partial charge is 0.377 e. The summed E-state index contributed by atoms with van der Waals surface area (Å²) in [4.78, 5) is 13.8. The van der Waals surface area contributed by atoms with Crippen LogP contribution < -0.4 is 5.73 Å². The minimum atomic E-state index is -0.213. The zero-order valence-electron chi connectivity index (χ0n) is 13.0. The Labute approximate surface area is 130 Å². The van der Waals surface area contributed by atoms with E-state index >= 15 is 0 Å². The van der Waals surface area contributed by atoms with Gasteiger partial charge in [-0.2, -0.15) is 0 Å². The Morgan fingerprint density at radius 3 is 2.77 bits per heavy atom. The standard InChI is InChI=1S/C14H24N6O2/c1-19-13(16-17-18-19)9-20-5-2-10(3-6-20)8-12-11(14(15)21)4-7-22-12/h10-12H,2-9H2,1H3,(H2,15,21)/t11-,12-/m1/s1. The minimum Gasteiger partial charge on any atom is -0.377 e. The zero-order valence-corrected chi connectivity index (χ0v) is 13.0. The molecule has 2 N–H and O–H groups in total. The average Bonchev–Trinajstić information content (AvgIpc) is 3.11. The summed E-state index contributed by atoms with van der Waals surface area (Å²) in [6.07, 6.45) is 4.00. The number of hydrogen-bond acceptors (Lipinski definition) is 6. The van der Waals surface area contributed by atoms with E-state index in [-0.39, 0.29) is 17.9 Å². The summed E-state index contributed by atoms with van der Waals surface area (Å²) in [6, 6.07) is 0. The van der Waals surface area contributed by atoms with Gasteiger partial charge >= 0.3 is 0 Å². The Hall–Kier alpha value is -1.54. The molecule has 3 rings (SSSR count). The molecule has 8 heteroatoms. The first-order valence-electron chi connectivity index (χ1n) is 7.98. The fraction of sp³-hybridized carbons (Fsp3) is 0.857. The van der Waals surface area contributed by atoms with E-state index in [1.807, 2.05) is 7.05 Å². The van der Waals surface area contributed by atoms with E-state index < -0.39 is 0 Å². The van der Waals surface area contributed by atoms with Crippen molar-refractivity contribution < 1.29 is 9.53 Å². The smallest absolute Gasteiger partial charge is 0.223 e. The third-order valence-electron chi connectivity index (χ3n) is 4.92. The molecule has 0 radical (unpaired) electrons. The van der Waals surface area contributed by atoms with Gasteiger partial charge in [-0.1, -0.05) is 0 Å². The fourth-order valence-electron chi connectivity index (χ4n) is 3.50. The third kappa shape index (κ3) is 3.44. The number of amides is 1. The fourth-order valence-corrected chi connectivity index (χ4v) is 3.50. The summed E-state index contributed by atoms with van der Waals surface area (Å²) >= 11 is 0. The molecule has 1 aromatic heterocycles. The van der Waals surface area contributed by atoms with Gasteiger partial charge in [0.25, 0.3) is 0 Å². The number of hydrogen-bond donors (Lipinski definition) is 1. The number of carbonyl (C=O) groups excluding carboxylic acids is 1. The van der Waals surface area contributed by atoms with Gasteiger partial charge in [0, 0.05) is 13.7 Å². The molecule has 1 amide bonds. The first-order valence-corrected chi connectivity index (χ1v) is 7.98. The van der Waals surface area contributed by atoms with Crippen molar-refractivity contribution >= 4 is 5.91 Å². The van der Waals surface area contributed by atoms with E-state index in [9.17, 15) is 4.79 Å². The van der Waals surface area contributed by atoms with Gasteiger partial charge in [0.15, 0.2) is 5.82 Å². The number of carbonyl (C=O) groups is 1. The third-order valence-corrected chi connectivity index (χ3v) is 4.92. The quantitative estimate of drug-likeness (QED) is 0.802. The van der Waals surface area contributed by atoms with Crippen LogP contribution in [0.3, 0.4) is 0 Å². The molecule has 2 aliphatic heterocycles. The molecule has 3 heterocycles. The first-order chi connectivity index (χ1) is 10.6. The van der Waals surface area contributed by atoms with E-state index in [2.05, 4.69) is 20.4 Å². The highest BCUT2D eigenvalue weighted by Crippen LogP contribution is 2.30. The topological polar surface area (TPSA) is 99.2 Å². The van der Waals surface area contributed by atoms with Crippen LogP contribution in [0.4, 0.5) is 0 Å². The summed E-state index contributed by atoms with van der Waals surface area (Å²) in [5.41, 5.74) is 5.46.